The number of rotatable bonds is 3. The van der Waals surface area contributed by atoms with Gasteiger partial charge in [0.15, 0.2) is 0 Å². The molecule has 0 fully saturated rings. The van der Waals surface area contributed by atoms with Crippen LogP contribution in [0.25, 0.3) is 10.2 Å². The number of aromatic hydroxyl groups is 1. The fraction of sp³-hybridized carbons (Fsp3) is 0. The maximum Gasteiger partial charge on any atom is 0.269 e. The molecular formula is C14H9N3O3S. The number of nitro groups is 1. The zero-order chi connectivity index (χ0) is 14.8. The van der Waals surface area contributed by atoms with Gasteiger partial charge in [-0.15, -0.1) is 0 Å². The Morgan fingerprint density at radius 1 is 1.24 bits per heavy atom. The highest BCUT2D eigenvalue weighted by Gasteiger charge is 2.06. The summed E-state index contributed by atoms with van der Waals surface area (Å²) < 4.78 is 0.853. The van der Waals surface area contributed by atoms with E-state index in [0.717, 1.165) is 10.3 Å². The second-order valence-corrected chi connectivity index (χ2v) is 5.24. The Kier molecular flexibility index (Phi) is 3.33. The fourth-order valence-corrected chi connectivity index (χ4v) is 2.62. The molecule has 0 saturated carbocycles. The number of nitrogens with zero attached hydrogens (tertiary/aromatic N) is 3. The van der Waals surface area contributed by atoms with Crippen molar-refractivity contribution >= 4 is 38.6 Å². The molecule has 104 valence electrons. The van der Waals surface area contributed by atoms with Crippen molar-refractivity contribution in [1.82, 2.24) is 4.98 Å². The molecule has 0 radical (unpaired) electrons. The first kappa shape index (κ1) is 13.2. The number of hydrogen-bond acceptors (Lipinski definition) is 6. The van der Waals surface area contributed by atoms with E-state index in [9.17, 15) is 15.2 Å². The first-order valence-corrected chi connectivity index (χ1v) is 6.82. The van der Waals surface area contributed by atoms with E-state index >= 15 is 0 Å². The number of nitro benzene ring substituents is 1. The minimum Gasteiger partial charge on any atom is -0.506 e. The zero-order valence-electron chi connectivity index (χ0n) is 10.6. The molecule has 0 aliphatic rings. The zero-order valence-corrected chi connectivity index (χ0v) is 11.4. The topological polar surface area (TPSA) is 88.6 Å². The Balaban J connectivity index is 1.87. The van der Waals surface area contributed by atoms with Gasteiger partial charge in [-0.1, -0.05) is 17.4 Å². The molecule has 1 heterocycles. The summed E-state index contributed by atoms with van der Waals surface area (Å²) in [6.45, 7) is 0. The van der Waals surface area contributed by atoms with E-state index in [1.54, 1.807) is 30.5 Å². The molecule has 3 rings (SSSR count). The summed E-state index contributed by atoms with van der Waals surface area (Å²) in [5.74, 6) is 0.125. The molecule has 6 nitrogen and oxygen atoms in total. The van der Waals surface area contributed by atoms with Crippen molar-refractivity contribution < 1.29 is 10.0 Å². The van der Waals surface area contributed by atoms with Crippen molar-refractivity contribution in [3.05, 3.63) is 58.1 Å². The van der Waals surface area contributed by atoms with Crippen molar-refractivity contribution in [2.45, 2.75) is 0 Å². The van der Waals surface area contributed by atoms with Gasteiger partial charge in [0.2, 0.25) is 5.13 Å². The number of thiazole rings is 1. The van der Waals surface area contributed by atoms with Gasteiger partial charge in [-0.3, -0.25) is 10.1 Å². The van der Waals surface area contributed by atoms with Crippen LogP contribution in [0.1, 0.15) is 5.56 Å². The molecule has 0 aliphatic carbocycles. The molecule has 2 aromatic carbocycles. The minimum atomic E-state index is -0.447. The molecule has 0 atom stereocenters. The molecule has 1 N–H and O–H groups in total. The van der Waals surface area contributed by atoms with E-state index in [-0.39, 0.29) is 11.4 Å². The van der Waals surface area contributed by atoms with Crippen LogP contribution in [-0.4, -0.2) is 21.2 Å². The summed E-state index contributed by atoms with van der Waals surface area (Å²) in [4.78, 5) is 18.6. The Labute approximate surface area is 123 Å². The van der Waals surface area contributed by atoms with E-state index in [2.05, 4.69) is 9.98 Å². The van der Waals surface area contributed by atoms with Crippen molar-refractivity contribution in [1.29, 1.82) is 0 Å². The van der Waals surface area contributed by atoms with E-state index < -0.39 is 4.92 Å². The first-order chi connectivity index (χ1) is 10.1. The summed E-state index contributed by atoms with van der Waals surface area (Å²) in [5.41, 5.74) is 1.31. The molecule has 0 amide bonds. The number of phenols is 1. The summed E-state index contributed by atoms with van der Waals surface area (Å²) >= 11 is 1.36. The third-order valence-electron chi connectivity index (χ3n) is 2.81. The number of fused-ring (bicyclic) bond motifs is 1. The normalized spacial score (nSPS) is 11.2. The van der Waals surface area contributed by atoms with Crippen LogP contribution < -0.4 is 0 Å². The van der Waals surface area contributed by atoms with Crippen LogP contribution in [0.2, 0.25) is 0 Å². The average Bonchev–Trinajstić information content (AvgIpc) is 2.90. The van der Waals surface area contributed by atoms with Gasteiger partial charge in [0, 0.05) is 18.3 Å². The lowest BCUT2D eigenvalue weighted by Gasteiger charge is -1.92. The molecule has 21 heavy (non-hydrogen) atoms. The van der Waals surface area contributed by atoms with Gasteiger partial charge >= 0.3 is 0 Å². The number of aliphatic imine (C=N–C) groups is 1. The van der Waals surface area contributed by atoms with Gasteiger partial charge in [0.05, 0.1) is 9.62 Å². The highest BCUT2D eigenvalue weighted by atomic mass is 32.1. The standard InChI is InChI=1S/C14H9N3O3S/c18-11-2-1-3-12-13(11)16-14(21-12)15-8-9-4-6-10(7-5-9)17(19)20/h1-8,18H/b15-8+. The largest absolute Gasteiger partial charge is 0.506 e. The number of non-ortho nitro benzene ring substituents is 1. The van der Waals surface area contributed by atoms with Crippen LogP contribution in [0.3, 0.4) is 0 Å². The number of benzene rings is 2. The molecule has 7 heteroatoms. The third kappa shape index (κ3) is 2.72. The van der Waals surface area contributed by atoms with Gasteiger partial charge in [-0.05, 0) is 29.8 Å². The van der Waals surface area contributed by atoms with Crippen molar-refractivity contribution in [2.75, 3.05) is 0 Å². The molecule has 0 spiro atoms. The lowest BCUT2D eigenvalue weighted by atomic mass is 10.2. The summed E-state index contributed by atoms with van der Waals surface area (Å²) in [6.07, 6.45) is 1.58. The maximum absolute atomic E-state index is 10.6. The Morgan fingerprint density at radius 2 is 2.00 bits per heavy atom. The third-order valence-corrected chi connectivity index (χ3v) is 3.74. The van der Waals surface area contributed by atoms with Gasteiger partial charge < -0.3 is 5.11 Å². The van der Waals surface area contributed by atoms with E-state index in [1.165, 1.54) is 23.5 Å². The Morgan fingerprint density at radius 3 is 2.67 bits per heavy atom. The van der Waals surface area contributed by atoms with Crippen LogP contribution in [0.15, 0.2) is 47.5 Å². The van der Waals surface area contributed by atoms with Crippen LogP contribution in [0, 0.1) is 10.1 Å². The number of hydrogen-bond donors (Lipinski definition) is 1. The minimum absolute atomic E-state index is 0.0389. The van der Waals surface area contributed by atoms with Crippen LogP contribution >= 0.6 is 11.3 Å². The van der Waals surface area contributed by atoms with E-state index in [4.69, 9.17) is 0 Å². The van der Waals surface area contributed by atoms with Crippen molar-refractivity contribution in [3.8, 4) is 5.75 Å². The summed E-state index contributed by atoms with van der Waals surface area (Å²) in [7, 11) is 0. The van der Waals surface area contributed by atoms with Gasteiger partial charge in [0.25, 0.3) is 5.69 Å². The highest BCUT2D eigenvalue weighted by Crippen LogP contribution is 2.32. The Hall–Kier alpha value is -2.80. The maximum atomic E-state index is 10.6. The van der Waals surface area contributed by atoms with E-state index in [0.29, 0.717) is 10.6 Å². The second-order valence-electron chi connectivity index (χ2n) is 4.23. The molecular weight excluding hydrogens is 290 g/mol. The van der Waals surface area contributed by atoms with Gasteiger partial charge in [0.1, 0.15) is 11.3 Å². The quantitative estimate of drug-likeness (QED) is 0.454. The number of para-hydroxylation sites is 1. The highest BCUT2D eigenvalue weighted by molar-refractivity contribution is 7.22. The molecule has 3 aromatic rings. The van der Waals surface area contributed by atoms with Crippen LogP contribution in [0.4, 0.5) is 10.8 Å². The van der Waals surface area contributed by atoms with Crippen molar-refractivity contribution in [3.63, 3.8) is 0 Å². The SMILES string of the molecule is O=[N+]([O-])c1ccc(/C=N/c2nc3c(O)cccc3s2)cc1. The molecule has 0 bridgehead atoms. The average molecular weight is 299 g/mol. The predicted octanol–water partition coefficient (Wildman–Crippen LogP) is 3.66. The molecule has 1 aromatic heterocycles. The Bertz CT molecular complexity index is 840. The second kappa shape index (κ2) is 5.29. The molecule has 0 aliphatic heterocycles. The summed E-state index contributed by atoms with van der Waals surface area (Å²) in [5, 5.41) is 20.8. The lowest BCUT2D eigenvalue weighted by Crippen LogP contribution is -1.88. The smallest absolute Gasteiger partial charge is 0.269 e. The monoisotopic (exact) mass is 299 g/mol. The summed E-state index contributed by atoms with van der Waals surface area (Å²) in [6, 6.07) is 11.3. The number of aromatic nitrogens is 1. The fourth-order valence-electron chi connectivity index (χ4n) is 1.79. The van der Waals surface area contributed by atoms with Crippen LogP contribution in [0.5, 0.6) is 5.75 Å². The predicted molar refractivity (Wildman–Crippen MR) is 81.6 cm³/mol. The lowest BCUT2D eigenvalue weighted by molar-refractivity contribution is -0.384. The number of phenolic OH excluding ortho intramolecular Hbond substituents is 1. The molecule has 0 unspecified atom stereocenters. The first-order valence-electron chi connectivity index (χ1n) is 6.00. The van der Waals surface area contributed by atoms with Gasteiger partial charge in [-0.2, -0.15) is 0 Å². The van der Waals surface area contributed by atoms with Crippen molar-refractivity contribution in [2.24, 2.45) is 4.99 Å². The van der Waals surface area contributed by atoms with Gasteiger partial charge in [-0.25, -0.2) is 9.98 Å². The van der Waals surface area contributed by atoms with E-state index in [1.807, 2.05) is 6.07 Å². The molecule has 0 saturated heterocycles. The van der Waals surface area contributed by atoms with Crippen LogP contribution in [-0.2, 0) is 0 Å².